The zero-order chi connectivity index (χ0) is 27.5. The fourth-order valence-electron chi connectivity index (χ4n) is 3.66. The zero-order valence-corrected chi connectivity index (χ0v) is 22.8. The van der Waals surface area contributed by atoms with Crippen molar-refractivity contribution in [2.24, 2.45) is 0 Å². The second-order valence-electron chi connectivity index (χ2n) is 11.7. The van der Waals surface area contributed by atoms with Gasteiger partial charge in [0, 0.05) is 13.0 Å². The number of nitrogens with one attached hydrogen (secondary N) is 1. The van der Waals surface area contributed by atoms with E-state index in [0.29, 0.717) is 5.56 Å². The maximum absolute atomic E-state index is 13.7. The monoisotopic (exact) mass is 505 g/mol. The minimum atomic E-state index is -1.80. The number of carbonyl (C=O) groups is 4. The van der Waals surface area contributed by atoms with Gasteiger partial charge in [-0.25, -0.2) is 19.8 Å². The summed E-state index contributed by atoms with van der Waals surface area (Å²) in [5.41, 5.74) is -1.54. The number of rotatable bonds is 2. The average Bonchev–Trinajstić information content (AvgIpc) is 2.69. The molecule has 0 spiro atoms. The highest BCUT2D eigenvalue weighted by Crippen LogP contribution is 2.36. The van der Waals surface area contributed by atoms with Gasteiger partial charge in [0.2, 0.25) is 0 Å². The van der Waals surface area contributed by atoms with Crippen molar-refractivity contribution in [1.82, 2.24) is 15.3 Å². The standard InChI is InChI=1S/C26H39N3O7/c1-23(2,3)34-20(31)27-29(22(33)36-25(7,8)9)26(18-13-11-10-12-14-18)17-28(16-15-19(26)30)21(32)35-24(4,5)6/h10-14H,15-17H2,1-9H3,(H,27,31)/t26-/m0/s1. The van der Waals surface area contributed by atoms with E-state index in [1.807, 2.05) is 0 Å². The van der Waals surface area contributed by atoms with Gasteiger partial charge in [-0.05, 0) is 67.9 Å². The topological polar surface area (TPSA) is 114 Å². The van der Waals surface area contributed by atoms with Crippen LogP contribution in [0.25, 0.3) is 0 Å². The molecule has 1 aliphatic heterocycles. The molecule has 0 aliphatic carbocycles. The molecule has 200 valence electrons. The van der Waals surface area contributed by atoms with E-state index in [2.05, 4.69) is 5.43 Å². The summed E-state index contributed by atoms with van der Waals surface area (Å²) in [5.74, 6) is -0.379. The molecular weight excluding hydrogens is 466 g/mol. The molecule has 1 aliphatic rings. The van der Waals surface area contributed by atoms with Crippen molar-refractivity contribution in [2.75, 3.05) is 13.1 Å². The van der Waals surface area contributed by atoms with Gasteiger partial charge in [0.15, 0.2) is 11.3 Å². The molecule has 0 radical (unpaired) electrons. The summed E-state index contributed by atoms with van der Waals surface area (Å²) in [5, 5.41) is 0.848. The maximum Gasteiger partial charge on any atom is 0.430 e. The number of benzene rings is 1. The number of hydrogen-bond acceptors (Lipinski definition) is 7. The lowest BCUT2D eigenvalue weighted by Crippen LogP contribution is -2.69. The van der Waals surface area contributed by atoms with Crippen molar-refractivity contribution in [3.63, 3.8) is 0 Å². The fraction of sp³-hybridized carbons (Fsp3) is 0.615. The van der Waals surface area contributed by atoms with Crippen LogP contribution in [0.2, 0.25) is 0 Å². The van der Waals surface area contributed by atoms with Gasteiger partial charge in [-0.3, -0.25) is 4.79 Å². The molecule has 1 aromatic rings. The van der Waals surface area contributed by atoms with Crippen LogP contribution in [0.1, 0.15) is 74.3 Å². The van der Waals surface area contributed by atoms with Crippen molar-refractivity contribution in [1.29, 1.82) is 0 Å². The number of likely N-dealkylation sites (tertiary alicyclic amines) is 1. The Bertz CT molecular complexity index is 974. The third-order valence-corrected chi connectivity index (χ3v) is 4.95. The molecule has 1 aromatic carbocycles. The van der Waals surface area contributed by atoms with Crippen LogP contribution >= 0.6 is 0 Å². The lowest BCUT2D eigenvalue weighted by molar-refractivity contribution is -0.140. The van der Waals surface area contributed by atoms with Gasteiger partial charge >= 0.3 is 18.3 Å². The molecule has 36 heavy (non-hydrogen) atoms. The van der Waals surface area contributed by atoms with E-state index in [0.717, 1.165) is 5.01 Å². The number of hydrogen-bond donors (Lipinski definition) is 1. The van der Waals surface area contributed by atoms with E-state index in [1.165, 1.54) is 4.90 Å². The number of hydrazine groups is 1. The molecule has 1 atom stereocenters. The lowest BCUT2D eigenvalue weighted by Gasteiger charge is -2.47. The molecular formula is C26H39N3O7. The van der Waals surface area contributed by atoms with Crippen molar-refractivity contribution in [3.8, 4) is 0 Å². The quantitative estimate of drug-likeness (QED) is 0.455. The van der Waals surface area contributed by atoms with Crippen LogP contribution < -0.4 is 5.43 Å². The van der Waals surface area contributed by atoms with E-state index in [1.54, 1.807) is 92.6 Å². The Morgan fingerprint density at radius 1 is 0.861 bits per heavy atom. The normalized spacial score (nSPS) is 18.8. The fourth-order valence-corrected chi connectivity index (χ4v) is 3.66. The number of carbonyl (C=O) groups excluding carboxylic acids is 4. The van der Waals surface area contributed by atoms with E-state index in [4.69, 9.17) is 14.2 Å². The van der Waals surface area contributed by atoms with Crippen LogP contribution in [-0.4, -0.2) is 63.9 Å². The first kappa shape index (κ1) is 28.9. The van der Waals surface area contributed by atoms with E-state index < -0.39 is 40.6 Å². The molecule has 0 aromatic heterocycles. The van der Waals surface area contributed by atoms with Crippen molar-refractivity contribution in [3.05, 3.63) is 35.9 Å². The average molecular weight is 506 g/mol. The molecule has 1 heterocycles. The first-order chi connectivity index (χ1) is 16.3. The molecule has 0 bridgehead atoms. The SMILES string of the molecule is CC(C)(C)OC(=O)NN(C(=O)OC(C)(C)C)[C@]1(c2ccccc2)CN(C(=O)OC(C)(C)C)CCC1=O. The third-order valence-electron chi connectivity index (χ3n) is 4.95. The molecule has 0 saturated carbocycles. The minimum absolute atomic E-state index is 0.0799. The number of amides is 3. The van der Waals surface area contributed by atoms with Gasteiger partial charge in [-0.2, -0.15) is 5.01 Å². The molecule has 10 heteroatoms. The predicted octanol–water partition coefficient (Wildman–Crippen LogP) is 4.77. The Balaban J connectivity index is 2.65. The zero-order valence-electron chi connectivity index (χ0n) is 22.8. The highest BCUT2D eigenvalue weighted by atomic mass is 16.6. The van der Waals surface area contributed by atoms with Gasteiger partial charge in [-0.1, -0.05) is 30.3 Å². The third kappa shape index (κ3) is 7.60. The molecule has 1 saturated heterocycles. The van der Waals surface area contributed by atoms with E-state index in [-0.39, 0.29) is 25.3 Å². The van der Waals surface area contributed by atoms with Gasteiger partial charge in [0.05, 0.1) is 6.54 Å². The van der Waals surface area contributed by atoms with Gasteiger partial charge in [0.25, 0.3) is 0 Å². The number of nitrogens with zero attached hydrogens (tertiary/aromatic N) is 2. The Labute approximate surface area is 213 Å². The summed E-state index contributed by atoms with van der Waals surface area (Å²) in [7, 11) is 0. The Morgan fingerprint density at radius 2 is 1.39 bits per heavy atom. The summed E-state index contributed by atoms with van der Waals surface area (Å²) in [4.78, 5) is 54.5. The smallest absolute Gasteiger partial charge is 0.430 e. The molecule has 0 unspecified atom stereocenters. The van der Waals surface area contributed by atoms with Crippen LogP contribution in [0.5, 0.6) is 0 Å². The molecule has 2 rings (SSSR count). The van der Waals surface area contributed by atoms with Crippen LogP contribution in [0, 0.1) is 0 Å². The van der Waals surface area contributed by atoms with Crippen LogP contribution in [0.4, 0.5) is 14.4 Å². The highest BCUT2D eigenvalue weighted by molar-refractivity contribution is 5.95. The largest absolute Gasteiger partial charge is 0.444 e. The molecule has 1 N–H and O–H groups in total. The first-order valence-corrected chi connectivity index (χ1v) is 11.9. The van der Waals surface area contributed by atoms with Crippen LogP contribution in [-0.2, 0) is 24.5 Å². The number of piperidine rings is 1. The van der Waals surface area contributed by atoms with E-state index in [9.17, 15) is 19.2 Å². The van der Waals surface area contributed by atoms with E-state index >= 15 is 0 Å². The maximum atomic E-state index is 13.7. The highest BCUT2D eigenvalue weighted by Gasteiger charge is 2.54. The Hall–Kier alpha value is -3.30. The van der Waals surface area contributed by atoms with Gasteiger partial charge in [-0.15, -0.1) is 0 Å². The molecule has 3 amide bonds. The lowest BCUT2D eigenvalue weighted by atomic mass is 9.80. The molecule has 10 nitrogen and oxygen atoms in total. The van der Waals surface area contributed by atoms with Gasteiger partial charge in [0.1, 0.15) is 16.8 Å². The summed E-state index contributed by atoms with van der Waals surface area (Å²) in [6.07, 6.45) is -2.65. The number of ether oxygens (including phenoxy) is 3. The molecule has 1 fully saturated rings. The predicted molar refractivity (Wildman–Crippen MR) is 133 cm³/mol. The summed E-state index contributed by atoms with van der Waals surface area (Å²) >= 11 is 0. The summed E-state index contributed by atoms with van der Waals surface area (Å²) in [6.45, 7) is 15.1. The van der Waals surface area contributed by atoms with Crippen molar-refractivity contribution in [2.45, 2.75) is 91.1 Å². The summed E-state index contributed by atoms with van der Waals surface area (Å²) in [6, 6.07) is 8.49. The van der Waals surface area contributed by atoms with Crippen LogP contribution in [0.3, 0.4) is 0 Å². The second-order valence-corrected chi connectivity index (χ2v) is 11.7. The Morgan fingerprint density at radius 3 is 1.89 bits per heavy atom. The second kappa shape index (κ2) is 10.4. The minimum Gasteiger partial charge on any atom is -0.444 e. The van der Waals surface area contributed by atoms with Crippen molar-refractivity contribution < 1.29 is 33.4 Å². The number of ketones is 1. The summed E-state index contributed by atoms with van der Waals surface area (Å²) < 4.78 is 16.5. The Kier molecular flexibility index (Phi) is 8.33. The van der Waals surface area contributed by atoms with Gasteiger partial charge < -0.3 is 19.1 Å². The van der Waals surface area contributed by atoms with Crippen LogP contribution in [0.15, 0.2) is 30.3 Å². The van der Waals surface area contributed by atoms with Crippen molar-refractivity contribution >= 4 is 24.1 Å². The first-order valence-electron chi connectivity index (χ1n) is 11.9. The number of Topliss-reactive ketones (excluding diaryl/α,β-unsaturated/α-hetero) is 1.